The van der Waals surface area contributed by atoms with Crippen LogP contribution in [0, 0.1) is 6.33 Å². The Kier molecular flexibility index (Phi) is 6.47. The third-order valence-electron chi connectivity index (χ3n) is 7.39. The van der Waals surface area contributed by atoms with Crippen molar-refractivity contribution in [1.82, 2.24) is 9.55 Å². The molecule has 0 radical (unpaired) electrons. The predicted octanol–water partition coefficient (Wildman–Crippen LogP) is 7.37. The van der Waals surface area contributed by atoms with Crippen molar-refractivity contribution >= 4 is 33.0 Å². The largest absolute Gasteiger partial charge is 0.511 e. The molecular weight excluding hydrogens is 693 g/mol. The number of phenolic OH excluding ortho intramolecular Hbond substituents is 2. The van der Waals surface area contributed by atoms with Crippen LogP contribution in [0.4, 0.5) is 0 Å². The number of benzene rings is 4. The van der Waals surface area contributed by atoms with Crippen LogP contribution in [0.5, 0.6) is 11.5 Å². The first-order valence-corrected chi connectivity index (χ1v) is 13.2. The summed E-state index contributed by atoms with van der Waals surface area (Å²) < 4.78 is 9.74. The number of phenols is 2. The third-order valence-corrected chi connectivity index (χ3v) is 7.39. The second-order valence-electron chi connectivity index (χ2n) is 11.0. The van der Waals surface area contributed by atoms with Gasteiger partial charge in [0.1, 0.15) is 28.4 Å². The summed E-state index contributed by atoms with van der Waals surface area (Å²) in [6.07, 6.45) is 3.42. The van der Waals surface area contributed by atoms with E-state index in [4.69, 9.17) is 9.40 Å². The van der Waals surface area contributed by atoms with Crippen LogP contribution in [0.1, 0.15) is 26.3 Å². The van der Waals surface area contributed by atoms with E-state index in [2.05, 4.69) is 33.2 Å². The molecule has 0 amide bonds. The van der Waals surface area contributed by atoms with Crippen LogP contribution in [-0.2, 0) is 26.5 Å². The molecule has 0 aliphatic rings. The maximum Gasteiger partial charge on any atom is 0.271 e. The van der Waals surface area contributed by atoms with E-state index < -0.39 is 0 Å². The quantitative estimate of drug-likeness (QED) is 0.148. The fraction of sp³-hybridized carbons (Fsp3) is 0.118. The molecule has 7 rings (SSSR count). The van der Waals surface area contributed by atoms with Gasteiger partial charge in [-0.15, -0.1) is 0 Å². The summed E-state index contributed by atoms with van der Waals surface area (Å²) in [6, 6.07) is 30.7. The van der Waals surface area contributed by atoms with Gasteiger partial charge in [-0.1, -0.05) is 75.4 Å². The van der Waals surface area contributed by atoms with Gasteiger partial charge in [-0.25, -0.2) is 4.98 Å². The summed E-state index contributed by atoms with van der Waals surface area (Å²) in [5.41, 5.74) is 5.88. The van der Waals surface area contributed by atoms with E-state index in [1.165, 1.54) is 0 Å². The zero-order chi connectivity index (χ0) is 27.6. The second-order valence-corrected chi connectivity index (χ2v) is 11.0. The van der Waals surface area contributed by atoms with Crippen LogP contribution in [0.2, 0.25) is 0 Å². The molecule has 2 N–H and O–H groups in total. The minimum absolute atomic E-state index is 0. The molecule has 7 aromatic rings. The molecule has 0 unspecified atom stereocenters. The number of nitrogens with zero attached hydrogens (tertiary/aromatic N) is 3. The average Bonchev–Trinajstić information content (AvgIpc) is 3.52. The fourth-order valence-corrected chi connectivity index (χ4v) is 5.27. The van der Waals surface area contributed by atoms with Crippen LogP contribution in [0.25, 0.3) is 55.7 Å². The number of aromatic nitrogens is 3. The summed E-state index contributed by atoms with van der Waals surface area (Å²) in [6.45, 7) is 6.46. The molecule has 0 fully saturated rings. The van der Waals surface area contributed by atoms with E-state index in [1.54, 1.807) is 12.1 Å². The Morgan fingerprint density at radius 2 is 1.56 bits per heavy atom. The molecule has 3 aromatic heterocycles. The van der Waals surface area contributed by atoms with E-state index in [9.17, 15) is 10.2 Å². The number of rotatable bonds is 3. The van der Waals surface area contributed by atoms with Gasteiger partial charge in [0.15, 0.2) is 5.82 Å². The van der Waals surface area contributed by atoms with Gasteiger partial charge in [-0.05, 0) is 53.4 Å². The first kappa shape index (κ1) is 26.8. The zero-order valence-corrected chi connectivity index (χ0v) is 25.0. The molecule has 0 aliphatic carbocycles. The minimum atomic E-state index is -0.189. The molecule has 206 valence electrons. The number of hydrogen-bond acceptors (Lipinski definition) is 4. The van der Waals surface area contributed by atoms with E-state index >= 15 is 0 Å². The Hall–Kier alpha value is -4.41. The van der Waals surface area contributed by atoms with Crippen molar-refractivity contribution in [2.75, 3.05) is 0 Å². The molecule has 6 nitrogen and oxygen atoms in total. The van der Waals surface area contributed by atoms with Gasteiger partial charge in [0, 0.05) is 32.0 Å². The summed E-state index contributed by atoms with van der Waals surface area (Å²) in [5.74, 6) is 0.955. The smallest absolute Gasteiger partial charge is 0.271 e. The fourth-order valence-electron chi connectivity index (χ4n) is 5.27. The molecule has 0 bridgehead atoms. The maximum absolute atomic E-state index is 11.6. The van der Waals surface area contributed by atoms with Gasteiger partial charge >= 0.3 is 0 Å². The zero-order valence-electron chi connectivity index (χ0n) is 22.7. The summed E-state index contributed by atoms with van der Waals surface area (Å²) in [5, 5.41) is 23.7. The molecule has 4 aromatic carbocycles. The Balaban J connectivity index is 0.00000302. The summed E-state index contributed by atoms with van der Waals surface area (Å²) in [4.78, 5) is 5.06. The molecule has 3 heterocycles. The van der Waals surface area contributed by atoms with Crippen molar-refractivity contribution in [2.45, 2.75) is 26.2 Å². The van der Waals surface area contributed by atoms with Crippen LogP contribution in [0.3, 0.4) is 0 Å². The van der Waals surface area contributed by atoms with Crippen LogP contribution in [-0.4, -0.2) is 19.8 Å². The number of hydrogen-bond donors (Lipinski definition) is 2. The number of pyridine rings is 1. The van der Waals surface area contributed by atoms with Crippen LogP contribution >= 0.6 is 0 Å². The second kappa shape index (κ2) is 9.90. The van der Waals surface area contributed by atoms with Gasteiger partial charge in [-0.3, -0.25) is 9.13 Å². The molecule has 41 heavy (non-hydrogen) atoms. The van der Waals surface area contributed by atoms with E-state index in [-0.39, 0.29) is 38.0 Å². The molecular formula is C34H27N3O3Pt. The van der Waals surface area contributed by atoms with E-state index in [0.717, 1.165) is 27.6 Å². The number of aromatic hydroxyl groups is 2. The van der Waals surface area contributed by atoms with Crippen molar-refractivity contribution in [3.8, 4) is 34.3 Å². The van der Waals surface area contributed by atoms with Crippen molar-refractivity contribution in [3.63, 3.8) is 0 Å². The minimum Gasteiger partial charge on any atom is -0.511 e. The van der Waals surface area contributed by atoms with Crippen molar-refractivity contribution in [2.24, 2.45) is 0 Å². The monoisotopic (exact) mass is 720 g/mol. The third kappa shape index (κ3) is 4.39. The first-order valence-electron chi connectivity index (χ1n) is 13.2. The topological polar surface area (TPSA) is 75.3 Å². The predicted molar refractivity (Wildman–Crippen MR) is 156 cm³/mol. The maximum atomic E-state index is 11.6. The molecule has 0 aliphatic heterocycles. The number of fused-ring (bicyclic) bond motifs is 4. The van der Waals surface area contributed by atoms with Gasteiger partial charge in [0.25, 0.3) is 6.33 Å². The van der Waals surface area contributed by atoms with Crippen LogP contribution < -0.4 is 4.57 Å². The van der Waals surface area contributed by atoms with Gasteiger partial charge in [0.05, 0.1) is 22.1 Å². The van der Waals surface area contributed by atoms with Crippen LogP contribution in [0.15, 0.2) is 101 Å². The molecule has 0 spiro atoms. The van der Waals surface area contributed by atoms with Gasteiger partial charge < -0.3 is 14.6 Å². The SMILES string of the molecule is CC(C)(C)c1cc(-c2ccc3oc4ccccc4c3c2O)nc(-n2[c-][n+](-c3ccccc3O)c3ccccc32)c1.[Pt]. The Morgan fingerprint density at radius 1 is 0.829 bits per heavy atom. The Bertz CT molecular complexity index is 2090. The number of imidazole rings is 1. The van der Waals surface area contributed by atoms with E-state index in [0.29, 0.717) is 33.7 Å². The molecule has 7 heteroatoms. The van der Waals surface area contributed by atoms with Crippen molar-refractivity contribution < 1.29 is 40.3 Å². The standard InChI is InChI=1S/C34H27N3O3.Pt/c1-34(2,3)21-18-24(22-16-17-30-32(33(22)39)23-10-4-9-15-29(23)40-30)35-31(19-21)37-20-36(25-11-5-6-12-26(25)37)27-13-7-8-14-28(27)38;/h4-19,38-39H,1-3H3;. The van der Waals surface area contributed by atoms with Gasteiger partial charge in [-0.2, -0.15) is 0 Å². The molecule has 0 atom stereocenters. The summed E-state index contributed by atoms with van der Waals surface area (Å²) in [7, 11) is 0. The molecule has 0 saturated heterocycles. The Morgan fingerprint density at radius 3 is 2.37 bits per heavy atom. The van der Waals surface area contributed by atoms with Crippen molar-refractivity contribution in [1.29, 1.82) is 0 Å². The van der Waals surface area contributed by atoms with Gasteiger partial charge in [0.2, 0.25) is 0 Å². The number of furan rings is 1. The Labute approximate surface area is 251 Å². The van der Waals surface area contributed by atoms with Crippen molar-refractivity contribution in [3.05, 3.63) is 109 Å². The van der Waals surface area contributed by atoms with E-state index in [1.807, 2.05) is 88.0 Å². The summed E-state index contributed by atoms with van der Waals surface area (Å²) >= 11 is 0. The normalized spacial score (nSPS) is 11.8. The average molecular weight is 721 g/mol. The first-order chi connectivity index (χ1) is 19.3. The molecule has 0 saturated carbocycles. The number of para-hydroxylation sites is 5.